The summed E-state index contributed by atoms with van der Waals surface area (Å²) in [6.45, 7) is 3.56. The van der Waals surface area contributed by atoms with Crippen molar-refractivity contribution < 1.29 is 0 Å². The third kappa shape index (κ3) is 1.36. The first kappa shape index (κ1) is 9.92. The zero-order valence-electron chi connectivity index (χ0n) is 10.0. The van der Waals surface area contributed by atoms with Gasteiger partial charge in [-0.2, -0.15) is 0 Å². The summed E-state index contributed by atoms with van der Waals surface area (Å²) in [6.07, 6.45) is 1.22. The molecule has 1 aromatic carbocycles. The Labute approximate surface area is 105 Å². The van der Waals surface area contributed by atoms with Crippen LogP contribution in [0.2, 0.25) is 0 Å². The van der Waals surface area contributed by atoms with E-state index in [4.69, 9.17) is 0 Å². The van der Waals surface area contributed by atoms with Crippen LogP contribution < -0.4 is 4.90 Å². The standard InChI is InChI=1S/C14H16N2S/c1-15-5-6-16-11(8-15)7-10-9-17-13-4-2-3-12(16)14(10)13/h2-4,9,11H,5-8H2,1H3. The van der Waals surface area contributed by atoms with Gasteiger partial charge in [0.25, 0.3) is 0 Å². The number of likely N-dealkylation sites (N-methyl/N-ethyl adjacent to an activating group) is 1. The van der Waals surface area contributed by atoms with Gasteiger partial charge in [-0.25, -0.2) is 0 Å². The zero-order chi connectivity index (χ0) is 11.4. The maximum absolute atomic E-state index is 2.63. The highest BCUT2D eigenvalue weighted by atomic mass is 32.1. The Bertz CT molecular complexity index is 575. The molecule has 0 radical (unpaired) electrons. The van der Waals surface area contributed by atoms with Crippen LogP contribution in [0.4, 0.5) is 5.69 Å². The van der Waals surface area contributed by atoms with Gasteiger partial charge in [0.15, 0.2) is 0 Å². The van der Waals surface area contributed by atoms with Crippen molar-refractivity contribution in [2.24, 2.45) is 0 Å². The lowest BCUT2D eigenvalue weighted by atomic mass is 9.94. The van der Waals surface area contributed by atoms with Crippen molar-refractivity contribution in [3.8, 4) is 0 Å². The molecule has 4 rings (SSSR count). The molecule has 1 aromatic heterocycles. The van der Waals surface area contributed by atoms with Gasteiger partial charge in [-0.15, -0.1) is 11.3 Å². The average molecular weight is 244 g/mol. The molecule has 1 unspecified atom stereocenters. The molecule has 0 N–H and O–H groups in total. The molecule has 0 spiro atoms. The molecular weight excluding hydrogens is 228 g/mol. The highest BCUT2D eigenvalue weighted by molar-refractivity contribution is 7.17. The minimum Gasteiger partial charge on any atom is -0.365 e. The quantitative estimate of drug-likeness (QED) is 0.703. The van der Waals surface area contributed by atoms with Crippen molar-refractivity contribution >= 4 is 27.1 Å². The summed E-state index contributed by atoms with van der Waals surface area (Å²) in [5, 5.41) is 3.89. The molecule has 17 heavy (non-hydrogen) atoms. The molecular formula is C14H16N2S. The number of hydrogen-bond donors (Lipinski definition) is 0. The van der Waals surface area contributed by atoms with E-state index in [0.717, 1.165) is 0 Å². The Hall–Kier alpha value is -1.06. The van der Waals surface area contributed by atoms with E-state index in [0.29, 0.717) is 6.04 Å². The van der Waals surface area contributed by atoms with E-state index < -0.39 is 0 Å². The van der Waals surface area contributed by atoms with Gasteiger partial charge in [0.1, 0.15) is 0 Å². The first-order chi connectivity index (χ1) is 8.33. The van der Waals surface area contributed by atoms with Crippen molar-refractivity contribution in [2.45, 2.75) is 12.5 Å². The SMILES string of the molecule is CN1CCN2c3cccc4scc(c34)CC2C1. The van der Waals surface area contributed by atoms with Gasteiger partial charge in [0.05, 0.1) is 0 Å². The van der Waals surface area contributed by atoms with Gasteiger partial charge >= 0.3 is 0 Å². The Morgan fingerprint density at radius 3 is 3.18 bits per heavy atom. The van der Waals surface area contributed by atoms with Crippen LogP contribution in [-0.4, -0.2) is 37.6 Å². The fourth-order valence-electron chi connectivity index (χ4n) is 3.28. The minimum absolute atomic E-state index is 0.682. The van der Waals surface area contributed by atoms with Crippen LogP contribution in [0, 0.1) is 0 Å². The van der Waals surface area contributed by atoms with Crippen LogP contribution in [0.3, 0.4) is 0 Å². The number of thiophene rings is 1. The van der Waals surface area contributed by atoms with Crippen molar-refractivity contribution in [1.82, 2.24) is 4.90 Å². The number of benzene rings is 1. The Kier molecular flexibility index (Phi) is 2.02. The van der Waals surface area contributed by atoms with Crippen molar-refractivity contribution in [2.75, 3.05) is 31.6 Å². The van der Waals surface area contributed by atoms with Gasteiger partial charge in [-0.1, -0.05) is 6.07 Å². The van der Waals surface area contributed by atoms with Crippen molar-refractivity contribution in [1.29, 1.82) is 0 Å². The number of rotatable bonds is 0. The molecule has 0 aliphatic carbocycles. The lowest BCUT2D eigenvalue weighted by Gasteiger charge is -2.44. The van der Waals surface area contributed by atoms with Crippen LogP contribution in [-0.2, 0) is 6.42 Å². The lowest BCUT2D eigenvalue weighted by Crippen LogP contribution is -2.54. The molecule has 1 fully saturated rings. The monoisotopic (exact) mass is 244 g/mol. The van der Waals surface area contributed by atoms with Crippen LogP contribution in [0.25, 0.3) is 10.1 Å². The van der Waals surface area contributed by atoms with E-state index in [1.54, 1.807) is 5.56 Å². The summed E-state index contributed by atoms with van der Waals surface area (Å²) in [5.41, 5.74) is 3.04. The average Bonchev–Trinajstić information content (AvgIpc) is 2.74. The second-order valence-corrected chi connectivity index (χ2v) is 6.14. The summed E-state index contributed by atoms with van der Waals surface area (Å²) in [6, 6.07) is 7.44. The molecule has 2 aromatic rings. The van der Waals surface area contributed by atoms with Crippen LogP contribution in [0.1, 0.15) is 5.56 Å². The van der Waals surface area contributed by atoms with Gasteiger partial charge in [0.2, 0.25) is 0 Å². The van der Waals surface area contributed by atoms with Gasteiger partial charge < -0.3 is 9.80 Å². The normalized spacial score (nSPS) is 24.1. The molecule has 88 valence electrons. The van der Waals surface area contributed by atoms with E-state index in [9.17, 15) is 0 Å². The molecule has 3 heterocycles. The Morgan fingerprint density at radius 1 is 1.29 bits per heavy atom. The number of fused-ring (bicyclic) bond motifs is 2. The molecule has 3 heteroatoms. The summed E-state index contributed by atoms with van der Waals surface area (Å²) < 4.78 is 1.45. The first-order valence-corrected chi connectivity index (χ1v) is 7.15. The first-order valence-electron chi connectivity index (χ1n) is 6.27. The molecule has 0 amide bonds. The number of nitrogens with zero attached hydrogens (tertiary/aromatic N) is 2. The third-order valence-electron chi connectivity index (χ3n) is 4.10. The van der Waals surface area contributed by atoms with Crippen LogP contribution in [0.15, 0.2) is 23.6 Å². The van der Waals surface area contributed by atoms with Gasteiger partial charge in [-0.05, 0) is 36.5 Å². The van der Waals surface area contributed by atoms with Crippen molar-refractivity contribution in [3.63, 3.8) is 0 Å². The number of piperazine rings is 1. The molecule has 0 bridgehead atoms. The number of anilines is 1. The Morgan fingerprint density at radius 2 is 2.24 bits per heavy atom. The molecule has 0 saturated carbocycles. The minimum atomic E-state index is 0.682. The molecule has 1 saturated heterocycles. The molecule has 2 nitrogen and oxygen atoms in total. The third-order valence-corrected chi connectivity index (χ3v) is 5.10. The highest BCUT2D eigenvalue weighted by Gasteiger charge is 2.31. The second kappa shape index (κ2) is 3.47. The second-order valence-electron chi connectivity index (χ2n) is 5.22. The molecule has 2 aliphatic rings. The highest BCUT2D eigenvalue weighted by Crippen LogP contribution is 2.40. The van der Waals surface area contributed by atoms with E-state index in [-0.39, 0.29) is 0 Å². The fourth-order valence-corrected chi connectivity index (χ4v) is 4.27. The summed E-state index contributed by atoms with van der Waals surface area (Å²) in [7, 11) is 2.24. The van der Waals surface area contributed by atoms with E-state index >= 15 is 0 Å². The molecule has 2 aliphatic heterocycles. The summed E-state index contributed by atoms with van der Waals surface area (Å²) in [5.74, 6) is 0. The van der Waals surface area contributed by atoms with E-state index in [2.05, 4.69) is 40.4 Å². The summed E-state index contributed by atoms with van der Waals surface area (Å²) >= 11 is 1.90. The van der Waals surface area contributed by atoms with Crippen molar-refractivity contribution in [3.05, 3.63) is 29.1 Å². The predicted octanol–water partition coefficient (Wildman–Crippen LogP) is 2.58. The maximum Gasteiger partial charge on any atom is 0.0460 e. The van der Waals surface area contributed by atoms with E-state index in [1.165, 1.54) is 41.8 Å². The van der Waals surface area contributed by atoms with Gasteiger partial charge in [-0.3, -0.25) is 0 Å². The zero-order valence-corrected chi connectivity index (χ0v) is 10.8. The van der Waals surface area contributed by atoms with E-state index in [1.807, 2.05) is 11.3 Å². The number of hydrogen-bond acceptors (Lipinski definition) is 3. The summed E-state index contributed by atoms with van der Waals surface area (Å²) in [4.78, 5) is 5.08. The largest absolute Gasteiger partial charge is 0.365 e. The topological polar surface area (TPSA) is 6.48 Å². The maximum atomic E-state index is 2.63. The van der Waals surface area contributed by atoms with Crippen LogP contribution >= 0.6 is 11.3 Å². The van der Waals surface area contributed by atoms with Gasteiger partial charge in [0, 0.05) is 41.4 Å². The lowest BCUT2D eigenvalue weighted by molar-refractivity contribution is 0.265. The smallest absolute Gasteiger partial charge is 0.0460 e. The van der Waals surface area contributed by atoms with Crippen LogP contribution in [0.5, 0.6) is 0 Å². The fraction of sp³-hybridized carbons (Fsp3) is 0.429. The molecule has 1 atom stereocenters. The predicted molar refractivity (Wildman–Crippen MR) is 74.2 cm³/mol. The Balaban J connectivity index is 1.90.